The molecule has 2 aromatic rings. The summed E-state index contributed by atoms with van der Waals surface area (Å²) >= 11 is 1.64. The van der Waals surface area contributed by atoms with E-state index in [1.54, 1.807) is 11.3 Å². The molecular weight excluding hydrogens is 210 g/mol. The quantitative estimate of drug-likeness (QED) is 0.571. The monoisotopic (exact) mass is 222 g/mol. The van der Waals surface area contributed by atoms with Crippen molar-refractivity contribution in [1.29, 1.82) is 0 Å². The molecule has 0 aliphatic heterocycles. The third-order valence-electron chi connectivity index (χ3n) is 2.26. The zero-order valence-corrected chi connectivity index (χ0v) is 9.50. The largest absolute Gasteiger partial charge is 0.464 e. The number of aryl methyl sites for hydroxylation is 1. The predicted molar refractivity (Wildman–Crippen MR) is 58.8 cm³/mol. The summed E-state index contributed by atoms with van der Waals surface area (Å²) in [5, 5.41) is 0. The Kier molecular flexibility index (Phi) is 2.68. The van der Waals surface area contributed by atoms with Gasteiger partial charge in [-0.25, -0.2) is 4.79 Å². The predicted octanol–water partition coefficient (Wildman–Crippen LogP) is 1.67. The van der Waals surface area contributed by atoms with E-state index in [1.807, 2.05) is 22.2 Å². The van der Waals surface area contributed by atoms with Gasteiger partial charge in [0.25, 0.3) is 0 Å². The maximum absolute atomic E-state index is 11.2. The Morgan fingerprint density at radius 1 is 1.53 bits per heavy atom. The van der Waals surface area contributed by atoms with Crippen molar-refractivity contribution in [2.75, 3.05) is 7.11 Å². The Morgan fingerprint density at radius 2 is 2.33 bits per heavy atom. The van der Waals surface area contributed by atoms with E-state index in [2.05, 4.69) is 17.7 Å². The van der Waals surface area contributed by atoms with Crippen LogP contribution in [0.2, 0.25) is 0 Å². The number of hydrogen-bond acceptors (Lipinski definition) is 3. The van der Waals surface area contributed by atoms with Gasteiger partial charge >= 0.3 is 5.97 Å². The molecule has 0 unspecified atom stereocenters. The molecule has 4 heteroatoms. The van der Waals surface area contributed by atoms with Crippen LogP contribution in [0.3, 0.4) is 0 Å². The zero-order valence-electron chi connectivity index (χ0n) is 8.69. The van der Waals surface area contributed by atoms with Crippen molar-refractivity contribution >= 4 is 27.5 Å². The molecule has 0 fully saturated rings. The minimum Gasteiger partial charge on any atom is -0.464 e. The van der Waals surface area contributed by atoms with Crippen LogP contribution < -0.4 is 4.57 Å². The molecular formula is C11H12NO2S+. The minimum absolute atomic E-state index is 0.222. The summed E-state index contributed by atoms with van der Waals surface area (Å²) in [5.74, 6) is -0.222. The Bertz CT molecular complexity index is 504. The van der Waals surface area contributed by atoms with E-state index >= 15 is 0 Å². The summed E-state index contributed by atoms with van der Waals surface area (Å²) in [4.78, 5) is 11.2. The van der Waals surface area contributed by atoms with E-state index in [4.69, 9.17) is 0 Å². The molecule has 0 spiro atoms. The molecule has 2 rings (SSSR count). The molecule has 0 N–H and O–H groups in total. The number of hydrogen-bond donors (Lipinski definition) is 0. The standard InChI is InChI=1S/C11H12NO2S/c1-8-3-4-9-10(5-8)15-7-12(9)6-11(13)14-2/h3-5,7H,6H2,1-2H3/q+1. The first kappa shape index (κ1) is 10.1. The molecule has 1 aromatic heterocycles. The van der Waals surface area contributed by atoms with Crippen molar-refractivity contribution in [3.8, 4) is 0 Å². The minimum atomic E-state index is -0.222. The Hall–Kier alpha value is -1.42. The van der Waals surface area contributed by atoms with Crippen LogP contribution in [0.5, 0.6) is 0 Å². The molecule has 1 heterocycles. The molecule has 0 radical (unpaired) electrons. The summed E-state index contributed by atoms with van der Waals surface area (Å²) in [5.41, 5.74) is 4.26. The first-order valence-electron chi connectivity index (χ1n) is 4.65. The number of aromatic nitrogens is 1. The molecule has 0 bridgehead atoms. The number of nitrogens with zero attached hydrogens (tertiary/aromatic N) is 1. The highest BCUT2D eigenvalue weighted by atomic mass is 32.1. The van der Waals surface area contributed by atoms with Gasteiger partial charge in [0, 0.05) is 6.07 Å². The van der Waals surface area contributed by atoms with E-state index < -0.39 is 0 Å². The van der Waals surface area contributed by atoms with Crippen molar-refractivity contribution < 1.29 is 14.1 Å². The van der Waals surface area contributed by atoms with Crippen LogP contribution in [0.15, 0.2) is 23.7 Å². The fourth-order valence-electron chi connectivity index (χ4n) is 1.46. The van der Waals surface area contributed by atoms with E-state index in [-0.39, 0.29) is 12.5 Å². The third-order valence-corrected chi connectivity index (χ3v) is 3.20. The van der Waals surface area contributed by atoms with E-state index in [0.29, 0.717) is 0 Å². The van der Waals surface area contributed by atoms with Crippen LogP contribution in [0.4, 0.5) is 0 Å². The van der Waals surface area contributed by atoms with E-state index in [1.165, 1.54) is 17.4 Å². The second-order valence-electron chi connectivity index (χ2n) is 3.40. The number of esters is 1. The van der Waals surface area contributed by atoms with Gasteiger partial charge in [-0.2, -0.15) is 4.57 Å². The van der Waals surface area contributed by atoms with Crippen molar-refractivity contribution in [3.63, 3.8) is 0 Å². The molecule has 0 amide bonds. The Balaban J connectivity index is 2.41. The fraction of sp³-hybridized carbons (Fsp3) is 0.273. The second kappa shape index (κ2) is 3.98. The first-order valence-corrected chi connectivity index (χ1v) is 5.53. The van der Waals surface area contributed by atoms with Gasteiger partial charge in [0.15, 0.2) is 0 Å². The maximum Gasteiger partial charge on any atom is 0.372 e. The number of carbonyl (C=O) groups excluding carboxylic acids is 1. The number of methoxy groups -OCH3 is 1. The summed E-state index contributed by atoms with van der Waals surface area (Å²) in [7, 11) is 1.40. The van der Waals surface area contributed by atoms with Gasteiger partial charge in [-0.3, -0.25) is 0 Å². The molecule has 0 atom stereocenters. The molecule has 0 saturated heterocycles. The topological polar surface area (TPSA) is 30.2 Å². The maximum atomic E-state index is 11.2. The van der Waals surface area contributed by atoms with Gasteiger partial charge in [0.05, 0.1) is 7.11 Å². The highest BCUT2D eigenvalue weighted by Crippen LogP contribution is 2.17. The molecule has 1 aromatic carbocycles. The zero-order chi connectivity index (χ0) is 10.8. The molecule has 3 nitrogen and oxygen atoms in total. The van der Waals surface area contributed by atoms with Crippen molar-refractivity contribution in [2.24, 2.45) is 0 Å². The van der Waals surface area contributed by atoms with Crippen LogP contribution in [0.1, 0.15) is 5.56 Å². The third kappa shape index (κ3) is 1.99. The van der Waals surface area contributed by atoms with E-state index in [9.17, 15) is 4.79 Å². The summed E-state index contributed by atoms with van der Waals surface area (Å²) in [6, 6.07) is 6.20. The van der Waals surface area contributed by atoms with Gasteiger partial charge in [-0.05, 0) is 18.6 Å². The van der Waals surface area contributed by atoms with Crippen molar-refractivity contribution in [2.45, 2.75) is 13.5 Å². The van der Waals surface area contributed by atoms with Gasteiger partial charge in [0.2, 0.25) is 17.6 Å². The number of thiazole rings is 1. The summed E-state index contributed by atoms with van der Waals surface area (Å²) in [6.07, 6.45) is 0. The molecule has 78 valence electrons. The average Bonchev–Trinajstić information content (AvgIpc) is 2.60. The fourth-order valence-corrected chi connectivity index (χ4v) is 2.45. The lowest BCUT2D eigenvalue weighted by atomic mass is 10.2. The van der Waals surface area contributed by atoms with Crippen LogP contribution in [-0.4, -0.2) is 13.1 Å². The number of ether oxygens (including phenoxy) is 1. The summed E-state index contributed by atoms with van der Waals surface area (Å²) in [6.45, 7) is 2.34. The molecule has 15 heavy (non-hydrogen) atoms. The average molecular weight is 222 g/mol. The van der Waals surface area contributed by atoms with Crippen LogP contribution in [-0.2, 0) is 16.1 Å². The number of benzene rings is 1. The second-order valence-corrected chi connectivity index (χ2v) is 4.28. The first-order chi connectivity index (χ1) is 7.20. The van der Waals surface area contributed by atoms with Gasteiger partial charge in [-0.15, -0.1) is 0 Å². The van der Waals surface area contributed by atoms with Crippen molar-refractivity contribution in [1.82, 2.24) is 0 Å². The molecule has 0 aliphatic carbocycles. The smallest absolute Gasteiger partial charge is 0.372 e. The lowest BCUT2D eigenvalue weighted by molar-refractivity contribution is -0.655. The Morgan fingerprint density at radius 3 is 3.07 bits per heavy atom. The lowest BCUT2D eigenvalue weighted by Crippen LogP contribution is -2.36. The number of fused-ring (bicyclic) bond motifs is 1. The molecule has 0 saturated carbocycles. The number of carbonyl (C=O) groups is 1. The highest BCUT2D eigenvalue weighted by Gasteiger charge is 2.15. The number of rotatable bonds is 2. The van der Waals surface area contributed by atoms with Crippen LogP contribution in [0.25, 0.3) is 10.2 Å². The Labute approximate surface area is 91.9 Å². The highest BCUT2D eigenvalue weighted by molar-refractivity contribution is 7.16. The van der Waals surface area contributed by atoms with Gasteiger partial charge in [0.1, 0.15) is 4.70 Å². The SMILES string of the molecule is COC(=O)C[n+]1csc2cc(C)ccc21. The lowest BCUT2D eigenvalue weighted by Gasteiger charge is -1.94. The van der Waals surface area contributed by atoms with Crippen LogP contribution >= 0.6 is 11.3 Å². The van der Waals surface area contributed by atoms with Gasteiger partial charge < -0.3 is 4.74 Å². The normalized spacial score (nSPS) is 10.5. The summed E-state index contributed by atoms with van der Waals surface area (Å²) < 4.78 is 7.74. The van der Waals surface area contributed by atoms with Crippen LogP contribution in [0, 0.1) is 6.92 Å². The molecule has 0 aliphatic rings. The van der Waals surface area contributed by atoms with Gasteiger partial charge in [-0.1, -0.05) is 17.4 Å². The van der Waals surface area contributed by atoms with E-state index in [0.717, 1.165) is 5.52 Å². The van der Waals surface area contributed by atoms with Crippen molar-refractivity contribution in [3.05, 3.63) is 29.3 Å².